The minimum absolute atomic E-state index is 0.178. The van der Waals surface area contributed by atoms with Crippen LogP contribution in [-0.2, 0) is 0 Å². The van der Waals surface area contributed by atoms with Gasteiger partial charge in [-0.3, -0.25) is 4.90 Å². The van der Waals surface area contributed by atoms with Crippen LogP contribution in [0.3, 0.4) is 0 Å². The van der Waals surface area contributed by atoms with Crippen molar-refractivity contribution >= 4 is 11.7 Å². The summed E-state index contributed by atoms with van der Waals surface area (Å²) in [6.07, 6.45) is 0.550. The Hall–Kier alpha value is -2.76. The van der Waals surface area contributed by atoms with Crippen LogP contribution in [0.25, 0.3) is 0 Å². The number of fused-ring (bicyclic) bond motifs is 4. The number of benzene rings is 2. The molecule has 1 fully saturated rings. The summed E-state index contributed by atoms with van der Waals surface area (Å²) in [4.78, 5) is 14.2. The molecule has 0 saturated carbocycles. The van der Waals surface area contributed by atoms with Crippen LogP contribution in [0.15, 0.2) is 36.4 Å². The van der Waals surface area contributed by atoms with E-state index in [2.05, 4.69) is 5.32 Å². The average molecular weight is 342 g/mol. The van der Waals surface area contributed by atoms with Crippen LogP contribution >= 0.6 is 0 Å². The van der Waals surface area contributed by atoms with Gasteiger partial charge in [0.1, 0.15) is 5.82 Å². The number of urea groups is 1. The monoisotopic (exact) mass is 342 g/mol. The number of anilines is 1. The number of nitrogens with one attached hydrogen (secondary N) is 1. The molecule has 5 nitrogen and oxygen atoms in total. The summed E-state index contributed by atoms with van der Waals surface area (Å²) >= 11 is 0. The summed E-state index contributed by atoms with van der Waals surface area (Å²) in [7, 11) is 1.58. The summed E-state index contributed by atoms with van der Waals surface area (Å²) in [5.41, 5.74) is 0.941. The van der Waals surface area contributed by atoms with Gasteiger partial charge >= 0.3 is 6.03 Å². The number of para-hydroxylation sites is 1. The molecular weight excluding hydrogens is 323 g/mol. The number of aryl methyl sites for hydroxylation is 1. The lowest BCUT2D eigenvalue weighted by Crippen LogP contribution is -2.65. The van der Waals surface area contributed by atoms with Gasteiger partial charge in [0.2, 0.25) is 0 Å². The summed E-state index contributed by atoms with van der Waals surface area (Å²) in [5, 5.41) is 2.99. The fraction of sp³-hybridized carbons (Fsp3) is 0.316. The molecule has 0 spiro atoms. The van der Waals surface area contributed by atoms with Crippen molar-refractivity contribution in [3.63, 3.8) is 0 Å². The number of ether oxygens (including phenoxy) is 2. The van der Waals surface area contributed by atoms with E-state index in [1.54, 1.807) is 26.2 Å². The first-order valence-electron chi connectivity index (χ1n) is 8.16. The predicted octanol–water partition coefficient (Wildman–Crippen LogP) is 3.91. The van der Waals surface area contributed by atoms with Crippen LogP contribution in [0.4, 0.5) is 14.9 Å². The average Bonchev–Trinajstić information content (AvgIpc) is 2.57. The fourth-order valence-corrected chi connectivity index (χ4v) is 3.63. The van der Waals surface area contributed by atoms with Gasteiger partial charge in [0.15, 0.2) is 17.2 Å². The molecule has 0 radical (unpaired) electrons. The van der Waals surface area contributed by atoms with Crippen molar-refractivity contribution < 1.29 is 18.7 Å². The lowest BCUT2D eigenvalue weighted by Gasteiger charge is -2.50. The molecule has 6 heteroatoms. The number of carbonyl (C=O) groups is 1. The number of halogens is 1. The van der Waals surface area contributed by atoms with Crippen LogP contribution in [0.2, 0.25) is 0 Å². The number of hydrogen-bond donors (Lipinski definition) is 1. The molecule has 2 aromatic carbocycles. The van der Waals surface area contributed by atoms with Gasteiger partial charge in [0.25, 0.3) is 0 Å². The number of hydrogen-bond acceptors (Lipinski definition) is 3. The van der Waals surface area contributed by atoms with Gasteiger partial charge in [0, 0.05) is 12.0 Å². The Balaban J connectivity index is 1.82. The van der Waals surface area contributed by atoms with Crippen molar-refractivity contribution in [1.29, 1.82) is 0 Å². The molecule has 0 aromatic heterocycles. The van der Waals surface area contributed by atoms with Gasteiger partial charge in [0.05, 0.1) is 18.8 Å². The van der Waals surface area contributed by atoms with Crippen molar-refractivity contribution in [2.75, 3.05) is 12.0 Å². The molecule has 2 bridgehead atoms. The Morgan fingerprint density at radius 2 is 2.16 bits per heavy atom. The fourth-order valence-electron chi connectivity index (χ4n) is 3.63. The van der Waals surface area contributed by atoms with Crippen molar-refractivity contribution in [1.82, 2.24) is 5.32 Å². The Morgan fingerprint density at radius 3 is 2.88 bits per heavy atom. The van der Waals surface area contributed by atoms with Crippen LogP contribution < -0.4 is 19.7 Å². The van der Waals surface area contributed by atoms with E-state index in [1.165, 1.54) is 11.0 Å². The van der Waals surface area contributed by atoms with Crippen molar-refractivity contribution in [2.45, 2.75) is 32.0 Å². The van der Waals surface area contributed by atoms with Gasteiger partial charge in [-0.05, 0) is 37.6 Å². The first-order valence-corrected chi connectivity index (χ1v) is 8.16. The smallest absolute Gasteiger partial charge is 0.325 e. The van der Waals surface area contributed by atoms with Crippen LogP contribution in [0.1, 0.15) is 30.5 Å². The molecule has 1 unspecified atom stereocenters. The third-order valence-electron chi connectivity index (χ3n) is 4.90. The second-order valence-corrected chi connectivity index (χ2v) is 6.63. The van der Waals surface area contributed by atoms with E-state index >= 15 is 0 Å². The molecule has 2 aromatic rings. The molecule has 1 saturated heterocycles. The molecule has 2 aliphatic heterocycles. The van der Waals surface area contributed by atoms with Crippen LogP contribution in [0.5, 0.6) is 11.5 Å². The van der Waals surface area contributed by atoms with Gasteiger partial charge in [-0.15, -0.1) is 0 Å². The highest BCUT2D eigenvalue weighted by atomic mass is 19.1. The van der Waals surface area contributed by atoms with Gasteiger partial charge in [-0.2, -0.15) is 0 Å². The SMILES string of the molecule is COc1cccc2c1O[C@]1(C)CC2NC(=O)N1c1ccc(C)c(F)c1. The highest BCUT2D eigenvalue weighted by Crippen LogP contribution is 2.49. The van der Waals surface area contributed by atoms with Crippen molar-refractivity contribution in [3.05, 3.63) is 53.3 Å². The van der Waals surface area contributed by atoms with Crippen LogP contribution in [-0.4, -0.2) is 18.9 Å². The van der Waals surface area contributed by atoms with Gasteiger partial charge in [-0.1, -0.05) is 18.2 Å². The second-order valence-electron chi connectivity index (χ2n) is 6.63. The summed E-state index contributed by atoms with van der Waals surface area (Å²) in [5.74, 6) is 0.866. The summed E-state index contributed by atoms with van der Waals surface area (Å²) in [6, 6.07) is 9.87. The minimum Gasteiger partial charge on any atom is -0.493 e. The highest BCUT2D eigenvalue weighted by Gasteiger charge is 2.50. The van der Waals surface area contributed by atoms with E-state index in [9.17, 15) is 9.18 Å². The first kappa shape index (κ1) is 15.7. The third-order valence-corrected chi connectivity index (χ3v) is 4.90. The van der Waals surface area contributed by atoms with E-state index in [0.29, 0.717) is 29.2 Å². The second kappa shape index (κ2) is 5.37. The van der Waals surface area contributed by atoms with Crippen molar-refractivity contribution in [2.24, 2.45) is 0 Å². The molecular formula is C19H19FN2O3. The molecule has 25 heavy (non-hydrogen) atoms. The molecule has 2 amide bonds. The number of rotatable bonds is 2. The number of carbonyl (C=O) groups excluding carboxylic acids is 1. The number of amides is 2. The maximum atomic E-state index is 14.0. The van der Waals surface area contributed by atoms with E-state index in [-0.39, 0.29) is 17.9 Å². The van der Waals surface area contributed by atoms with E-state index in [1.807, 2.05) is 25.1 Å². The zero-order chi connectivity index (χ0) is 17.8. The Kier molecular flexibility index (Phi) is 3.39. The molecule has 2 heterocycles. The zero-order valence-corrected chi connectivity index (χ0v) is 14.3. The first-order chi connectivity index (χ1) is 11.9. The van der Waals surface area contributed by atoms with Crippen LogP contribution in [0, 0.1) is 12.7 Å². The van der Waals surface area contributed by atoms with Gasteiger partial charge < -0.3 is 14.8 Å². The predicted molar refractivity (Wildman–Crippen MR) is 91.5 cm³/mol. The molecule has 2 atom stereocenters. The third kappa shape index (κ3) is 2.32. The molecule has 1 N–H and O–H groups in total. The Morgan fingerprint density at radius 1 is 1.36 bits per heavy atom. The topological polar surface area (TPSA) is 50.8 Å². The molecule has 0 aliphatic carbocycles. The molecule has 4 rings (SSSR count). The van der Waals surface area contributed by atoms with E-state index in [4.69, 9.17) is 9.47 Å². The lowest BCUT2D eigenvalue weighted by molar-refractivity contribution is 0.0349. The van der Waals surface area contributed by atoms with Crippen molar-refractivity contribution in [3.8, 4) is 11.5 Å². The number of methoxy groups -OCH3 is 1. The molecule has 2 aliphatic rings. The largest absolute Gasteiger partial charge is 0.493 e. The van der Waals surface area contributed by atoms with E-state index in [0.717, 1.165) is 5.56 Å². The minimum atomic E-state index is -0.934. The zero-order valence-electron chi connectivity index (χ0n) is 14.3. The standard InChI is InChI=1S/C19H19FN2O3/c1-11-7-8-12(9-14(11)20)22-18(23)21-15-10-19(22,2)25-17-13(15)5-4-6-16(17)24-3/h4-9,15H,10H2,1-3H3,(H,21,23)/t15?,19-/m1/s1. The maximum Gasteiger partial charge on any atom is 0.325 e. The summed E-state index contributed by atoms with van der Waals surface area (Å²) in [6.45, 7) is 3.53. The Bertz CT molecular complexity index is 870. The molecule has 130 valence electrons. The normalized spacial score (nSPS) is 24.2. The summed E-state index contributed by atoms with van der Waals surface area (Å²) < 4.78 is 25.7. The van der Waals surface area contributed by atoms with E-state index < -0.39 is 5.72 Å². The quantitative estimate of drug-likeness (QED) is 0.900. The van der Waals surface area contributed by atoms with Gasteiger partial charge in [-0.25, -0.2) is 9.18 Å². The Labute approximate surface area is 145 Å². The number of nitrogens with zero attached hydrogens (tertiary/aromatic N) is 1. The highest BCUT2D eigenvalue weighted by molar-refractivity contribution is 5.95. The maximum absolute atomic E-state index is 14.0. The lowest BCUT2D eigenvalue weighted by atomic mass is 9.90.